The molecule has 2 nitrogen and oxygen atoms in total. The third kappa shape index (κ3) is 8.57. The first kappa shape index (κ1) is 30.8. The molecule has 0 saturated carbocycles. The van der Waals surface area contributed by atoms with Gasteiger partial charge in [0.05, 0.1) is 11.4 Å². The zero-order valence-electron chi connectivity index (χ0n) is 24.3. The molecule has 1 aliphatic carbocycles. The van der Waals surface area contributed by atoms with Crippen LogP contribution in [0.3, 0.4) is 0 Å². The predicted molar refractivity (Wildman–Crippen MR) is 153 cm³/mol. The maximum Gasteiger partial charge on any atom is 0.0906 e. The van der Waals surface area contributed by atoms with Gasteiger partial charge in [0.15, 0.2) is 0 Å². The molecule has 0 spiro atoms. The van der Waals surface area contributed by atoms with Crippen LogP contribution in [0.25, 0.3) is 0 Å². The summed E-state index contributed by atoms with van der Waals surface area (Å²) in [5, 5.41) is 0. The predicted octanol–water partition coefficient (Wildman–Crippen LogP) is 9.29. The Morgan fingerprint density at radius 3 is 1.42 bits per heavy atom. The summed E-state index contributed by atoms with van der Waals surface area (Å²) in [6, 6.07) is 0. The lowest BCUT2D eigenvalue weighted by Crippen LogP contribution is -2.25. The van der Waals surface area contributed by atoms with Crippen LogP contribution in [0.5, 0.6) is 0 Å². The minimum atomic E-state index is 0.165. The average Bonchev–Trinajstić information content (AvgIpc) is 2.74. The fourth-order valence-electron chi connectivity index (χ4n) is 3.21. The summed E-state index contributed by atoms with van der Waals surface area (Å²) in [5.74, 6) is 0. The van der Waals surface area contributed by atoms with E-state index in [4.69, 9.17) is 0 Å². The highest BCUT2D eigenvalue weighted by Crippen LogP contribution is 2.31. The molecule has 0 radical (unpaired) electrons. The van der Waals surface area contributed by atoms with Crippen LogP contribution in [0.15, 0.2) is 79.4 Å². The first-order valence-electron chi connectivity index (χ1n) is 12.2. The second-order valence-electron chi connectivity index (χ2n) is 10.7. The second kappa shape index (κ2) is 12.9. The van der Waals surface area contributed by atoms with Crippen molar-refractivity contribution in [3.05, 3.63) is 69.4 Å². The van der Waals surface area contributed by atoms with E-state index < -0.39 is 0 Å². The molecule has 184 valence electrons. The molecule has 0 N–H and O–H groups in total. The van der Waals surface area contributed by atoms with Gasteiger partial charge in [-0.2, -0.15) is 0 Å². The molecule has 0 aromatic rings. The van der Waals surface area contributed by atoms with Crippen LogP contribution in [0.2, 0.25) is 0 Å². The molecule has 0 atom stereocenters. The van der Waals surface area contributed by atoms with E-state index in [9.17, 15) is 0 Å². The molecule has 0 unspecified atom stereocenters. The van der Waals surface area contributed by atoms with Gasteiger partial charge in [-0.25, -0.2) is 0 Å². The first-order valence-corrected chi connectivity index (χ1v) is 12.2. The SMILES string of the molecule is CC.CN=C1C(/C(C)=C/C=C(\C)C(C)(C)C)=CC(C)=C(/C(C)=C/C=C(\C)C(C)(C)C)C1=NC. The fourth-order valence-corrected chi connectivity index (χ4v) is 3.21. The van der Waals surface area contributed by atoms with Gasteiger partial charge in [-0.15, -0.1) is 0 Å². The molecule has 0 aromatic carbocycles. The van der Waals surface area contributed by atoms with Crippen LogP contribution in [0.4, 0.5) is 0 Å². The lowest BCUT2D eigenvalue weighted by molar-refractivity contribution is 0.504. The molecule has 0 amide bonds. The van der Waals surface area contributed by atoms with Crippen molar-refractivity contribution < 1.29 is 0 Å². The first-order chi connectivity index (χ1) is 15.1. The van der Waals surface area contributed by atoms with E-state index in [0.29, 0.717) is 0 Å². The van der Waals surface area contributed by atoms with E-state index in [1.807, 2.05) is 27.9 Å². The topological polar surface area (TPSA) is 24.7 Å². The second-order valence-corrected chi connectivity index (χ2v) is 10.7. The number of hydrogen-bond donors (Lipinski definition) is 0. The van der Waals surface area contributed by atoms with Gasteiger partial charge in [0.25, 0.3) is 0 Å². The normalized spacial score (nSPS) is 19.7. The molecule has 0 heterocycles. The highest BCUT2D eigenvalue weighted by atomic mass is 14.8. The van der Waals surface area contributed by atoms with E-state index in [-0.39, 0.29) is 10.8 Å². The van der Waals surface area contributed by atoms with E-state index >= 15 is 0 Å². The smallest absolute Gasteiger partial charge is 0.0906 e. The van der Waals surface area contributed by atoms with E-state index in [2.05, 4.69) is 117 Å². The molecule has 0 aromatic heterocycles. The summed E-state index contributed by atoms with van der Waals surface area (Å²) in [6.45, 7) is 28.3. The third-order valence-electron chi connectivity index (χ3n) is 6.27. The van der Waals surface area contributed by atoms with Gasteiger partial charge in [-0.05, 0) is 68.2 Å². The highest BCUT2D eigenvalue weighted by molar-refractivity contribution is 6.56. The Bertz CT molecular complexity index is 938. The van der Waals surface area contributed by atoms with Crippen LogP contribution in [-0.4, -0.2) is 25.5 Å². The van der Waals surface area contributed by atoms with Crippen molar-refractivity contribution >= 4 is 11.4 Å². The molecular formula is C31H50N2. The molecule has 0 fully saturated rings. The number of hydrogen-bond acceptors (Lipinski definition) is 2. The molecule has 33 heavy (non-hydrogen) atoms. The molecule has 0 aliphatic heterocycles. The van der Waals surface area contributed by atoms with Crippen molar-refractivity contribution in [3.63, 3.8) is 0 Å². The number of aliphatic imine (C=N–C) groups is 2. The van der Waals surface area contributed by atoms with Crippen molar-refractivity contribution in [2.75, 3.05) is 14.1 Å². The Balaban J connectivity index is 0.00000497. The van der Waals surface area contributed by atoms with E-state index in [0.717, 1.165) is 17.0 Å². The van der Waals surface area contributed by atoms with Crippen molar-refractivity contribution in [2.24, 2.45) is 20.8 Å². The molecule has 0 bridgehead atoms. The molecule has 1 aliphatic rings. The van der Waals surface area contributed by atoms with Gasteiger partial charge in [-0.1, -0.05) is 90.8 Å². The maximum atomic E-state index is 4.68. The van der Waals surface area contributed by atoms with Gasteiger partial charge in [0.1, 0.15) is 0 Å². The largest absolute Gasteiger partial charge is 0.286 e. The van der Waals surface area contributed by atoms with Gasteiger partial charge >= 0.3 is 0 Å². The fraction of sp³-hybridized carbons (Fsp3) is 0.548. The number of allylic oxidation sites excluding steroid dienone is 12. The summed E-state index contributed by atoms with van der Waals surface area (Å²) < 4.78 is 0. The van der Waals surface area contributed by atoms with Crippen LogP contribution in [0, 0.1) is 10.8 Å². The molecule has 1 rings (SSSR count). The monoisotopic (exact) mass is 450 g/mol. The Morgan fingerprint density at radius 1 is 0.667 bits per heavy atom. The number of rotatable bonds is 4. The summed E-state index contributed by atoms with van der Waals surface area (Å²) in [6.07, 6.45) is 11.1. The lowest BCUT2D eigenvalue weighted by atomic mass is 9.82. The van der Waals surface area contributed by atoms with Crippen LogP contribution >= 0.6 is 0 Å². The molecule has 0 saturated heterocycles. The average molecular weight is 451 g/mol. The summed E-state index contributed by atoms with van der Waals surface area (Å²) in [5.41, 5.74) is 10.9. The quantitative estimate of drug-likeness (QED) is 0.301. The Morgan fingerprint density at radius 2 is 1.06 bits per heavy atom. The standard InChI is InChI=1S/C29H44N2.C2H6/c1-19(14-16-22(4)28(6,7)8)24-18-21(3)25(27(31-13)26(24)30-12)20(2)15-17-23(5)29(9,10)11;1-2/h14-18H,1-13H3;1-2H3/b19-14+,20-15+,22-16+,23-17+,30-26?,31-27?;. The van der Waals surface area contributed by atoms with Gasteiger partial charge in [0, 0.05) is 25.2 Å². The lowest BCUT2D eigenvalue weighted by Gasteiger charge is -2.24. The van der Waals surface area contributed by atoms with Gasteiger partial charge < -0.3 is 0 Å². The van der Waals surface area contributed by atoms with Gasteiger partial charge in [-0.3, -0.25) is 9.98 Å². The summed E-state index contributed by atoms with van der Waals surface area (Å²) in [4.78, 5) is 9.34. The van der Waals surface area contributed by atoms with Crippen molar-refractivity contribution in [3.8, 4) is 0 Å². The van der Waals surface area contributed by atoms with Crippen LogP contribution in [-0.2, 0) is 0 Å². The van der Waals surface area contributed by atoms with E-state index in [1.165, 1.54) is 33.4 Å². The van der Waals surface area contributed by atoms with Crippen LogP contribution in [0.1, 0.15) is 90.0 Å². The van der Waals surface area contributed by atoms with Crippen molar-refractivity contribution in [1.29, 1.82) is 0 Å². The summed E-state index contributed by atoms with van der Waals surface area (Å²) in [7, 11) is 3.72. The number of nitrogens with zero attached hydrogens (tertiary/aromatic N) is 2. The highest BCUT2D eigenvalue weighted by Gasteiger charge is 2.25. The molecular weight excluding hydrogens is 400 g/mol. The van der Waals surface area contributed by atoms with Crippen molar-refractivity contribution in [1.82, 2.24) is 0 Å². The maximum absolute atomic E-state index is 4.68. The Kier molecular flexibility index (Phi) is 12.0. The minimum Gasteiger partial charge on any atom is -0.286 e. The van der Waals surface area contributed by atoms with E-state index in [1.54, 1.807) is 0 Å². The Labute approximate surface area is 205 Å². The zero-order chi connectivity index (χ0) is 26.1. The minimum absolute atomic E-state index is 0.165. The zero-order valence-corrected chi connectivity index (χ0v) is 24.3. The van der Waals surface area contributed by atoms with Crippen molar-refractivity contribution in [2.45, 2.75) is 90.0 Å². The van der Waals surface area contributed by atoms with Crippen LogP contribution < -0.4 is 0 Å². The molecule has 2 heteroatoms. The third-order valence-corrected chi connectivity index (χ3v) is 6.27. The summed E-state index contributed by atoms with van der Waals surface area (Å²) >= 11 is 0. The Hall–Kier alpha value is -2.22. The van der Waals surface area contributed by atoms with Gasteiger partial charge in [0.2, 0.25) is 0 Å².